The molecule has 0 bridgehead atoms. The van der Waals surface area contributed by atoms with E-state index in [1.165, 1.54) is 4.31 Å². The summed E-state index contributed by atoms with van der Waals surface area (Å²) in [5.41, 5.74) is 1.42. The van der Waals surface area contributed by atoms with E-state index in [9.17, 15) is 13.2 Å². The summed E-state index contributed by atoms with van der Waals surface area (Å²) in [6.07, 6.45) is 2.64. The molecule has 1 aliphatic rings. The summed E-state index contributed by atoms with van der Waals surface area (Å²) in [7, 11) is -1.69. The Hall–Kier alpha value is -2.44. The summed E-state index contributed by atoms with van der Waals surface area (Å²) in [5, 5.41) is 8.94. The largest absolute Gasteiger partial charge is 0.331 e. The first-order chi connectivity index (χ1) is 13.8. The molecule has 0 spiro atoms. The van der Waals surface area contributed by atoms with Crippen molar-refractivity contribution in [2.45, 2.75) is 50.5 Å². The van der Waals surface area contributed by atoms with Crippen molar-refractivity contribution in [2.75, 3.05) is 19.6 Å². The van der Waals surface area contributed by atoms with Crippen molar-refractivity contribution in [2.24, 2.45) is 7.05 Å². The molecule has 0 radical (unpaired) electrons. The normalized spacial score (nSPS) is 14.3. The Morgan fingerprint density at radius 2 is 2.00 bits per heavy atom. The number of sulfonamides is 1. The molecule has 1 amide bonds. The van der Waals surface area contributed by atoms with E-state index in [1.54, 1.807) is 23.1 Å². The fourth-order valence-electron chi connectivity index (χ4n) is 3.57. The summed E-state index contributed by atoms with van der Waals surface area (Å²) in [5.74, 6) is 0.685. The van der Waals surface area contributed by atoms with E-state index in [0.29, 0.717) is 25.0 Å². The highest BCUT2D eigenvalue weighted by Gasteiger charge is 2.32. The van der Waals surface area contributed by atoms with Crippen LogP contribution < -0.4 is 0 Å². The lowest BCUT2D eigenvalue weighted by Gasteiger charge is -2.18. The van der Waals surface area contributed by atoms with Gasteiger partial charge < -0.3 is 9.47 Å². The first kappa shape index (κ1) is 21.3. The van der Waals surface area contributed by atoms with Crippen molar-refractivity contribution >= 4 is 27.0 Å². The summed E-state index contributed by atoms with van der Waals surface area (Å²) >= 11 is 0. The summed E-state index contributed by atoms with van der Waals surface area (Å²) < 4.78 is 28.8. The van der Waals surface area contributed by atoms with Crippen LogP contribution >= 0.6 is 0 Å². The zero-order valence-corrected chi connectivity index (χ0v) is 17.9. The van der Waals surface area contributed by atoms with Gasteiger partial charge in [0, 0.05) is 39.0 Å². The lowest BCUT2D eigenvalue weighted by molar-refractivity contribution is -0.131. The van der Waals surface area contributed by atoms with E-state index in [4.69, 9.17) is 5.26 Å². The summed E-state index contributed by atoms with van der Waals surface area (Å²) in [6.45, 7) is 4.57. The molecule has 8 nitrogen and oxygen atoms in total. The second-order valence-corrected chi connectivity index (χ2v) is 9.18. The quantitative estimate of drug-likeness (QED) is 0.582. The topological polar surface area (TPSA) is 99.3 Å². The molecule has 1 aromatic carbocycles. The number of nitriles is 1. The minimum absolute atomic E-state index is 0.0362. The molecule has 1 aromatic heterocycles. The van der Waals surface area contributed by atoms with Crippen molar-refractivity contribution in [3.05, 3.63) is 24.0 Å². The summed E-state index contributed by atoms with van der Waals surface area (Å²) in [6, 6.07) is 7.23. The van der Waals surface area contributed by atoms with Gasteiger partial charge in [0.15, 0.2) is 0 Å². The Kier molecular flexibility index (Phi) is 6.24. The SMILES string of the molecule is CCN(CC)S(=O)(=O)c1ccc2c(c1)nc(CCC(=O)N(CC#N)C1CC1)n2C. The number of amides is 1. The van der Waals surface area contributed by atoms with Crippen LogP contribution in [0.5, 0.6) is 0 Å². The zero-order chi connectivity index (χ0) is 21.2. The molecule has 0 unspecified atom stereocenters. The van der Waals surface area contributed by atoms with Gasteiger partial charge in [0.2, 0.25) is 15.9 Å². The third-order valence-electron chi connectivity index (χ3n) is 5.40. The lowest BCUT2D eigenvalue weighted by atomic mass is 10.2. The van der Waals surface area contributed by atoms with Crippen LogP contribution in [0.4, 0.5) is 0 Å². The number of carbonyl (C=O) groups excluding carboxylic acids is 1. The Balaban J connectivity index is 1.81. The predicted octanol–water partition coefficient (Wildman–Crippen LogP) is 2.05. The van der Waals surface area contributed by atoms with Gasteiger partial charge in [-0.3, -0.25) is 4.79 Å². The number of carbonyl (C=O) groups is 1. The first-order valence-corrected chi connectivity index (χ1v) is 11.4. The molecule has 0 saturated heterocycles. The van der Waals surface area contributed by atoms with E-state index in [1.807, 2.05) is 25.5 Å². The van der Waals surface area contributed by atoms with Crippen LogP contribution in [0.3, 0.4) is 0 Å². The first-order valence-electron chi connectivity index (χ1n) is 9.95. The maximum absolute atomic E-state index is 12.8. The molecule has 29 heavy (non-hydrogen) atoms. The van der Waals surface area contributed by atoms with Crippen molar-refractivity contribution in [1.29, 1.82) is 5.26 Å². The Bertz CT molecular complexity index is 1050. The van der Waals surface area contributed by atoms with Crippen LogP contribution in [-0.4, -0.2) is 58.8 Å². The van der Waals surface area contributed by atoms with Crippen LogP contribution in [-0.2, 0) is 28.3 Å². The minimum Gasteiger partial charge on any atom is -0.331 e. The minimum atomic E-state index is -3.55. The van der Waals surface area contributed by atoms with Gasteiger partial charge in [-0.2, -0.15) is 9.57 Å². The van der Waals surface area contributed by atoms with Gasteiger partial charge in [-0.25, -0.2) is 13.4 Å². The van der Waals surface area contributed by atoms with Crippen molar-refractivity contribution in [1.82, 2.24) is 18.8 Å². The van der Waals surface area contributed by atoms with Gasteiger partial charge in [0.05, 0.1) is 22.0 Å². The number of aromatic nitrogens is 2. The van der Waals surface area contributed by atoms with E-state index in [0.717, 1.165) is 24.2 Å². The van der Waals surface area contributed by atoms with Crippen LogP contribution in [0.1, 0.15) is 38.9 Å². The fourth-order valence-corrected chi connectivity index (χ4v) is 5.05. The second-order valence-electron chi connectivity index (χ2n) is 7.24. The number of aryl methyl sites for hydroxylation is 2. The highest BCUT2D eigenvalue weighted by molar-refractivity contribution is 7.89. The fraction of sp³-hybridized carbons (Fsp3) is 0.550. The Morgan fingerprint density at radius 1 is 1.31 bits per heavy atom. The van der Waals surface area contributed by atoms with Gasteiger partial charge in [0.1, 0.15) is 12.4 Å². The summed E-state index contributed by atoms with van der Waals surface area (Å²) in [4.78, 5) is 18.9. The van der Waals surface area contributed by atoms with E-state index >= 15 is 0 Å². The monoisotopic (exact) mass is 417 g/mol. The average molecular weight is 418 g/mol. The molecular formula is C20H27N5O3S. The number of rotatable bonds is 9. The smallest absolute Gasteiger partial charge is 0.243 e. The lowest BCUT2D eigenvalue weighted by Crippen LogP contribution is -2.33. The predicted molar refractivity (Wildman–Crippen MR) is 109 cm³/mol. The number of fused-ring (bicyclic) bond motifs is 1. The second kappa shape index (κ2) is 8.51. The maximum Gasteiger partial charge on any atom is 0.243 e. The van der Waals surface area contributed by atoms with Crippen molar-refractivity contribution in [3.63, 3.8) is 0 Å². The molecule has 2 aromatic rings. The molecule has 3 rings (SSSR count). The molecule has 0 N–H and O–H groups in total. The third kappa shape index (κ3) is 4.28. The van der Waals surface area contributed by atoms with Gasteiger partial charge in [-0.15, -0.1) is 0 Å². The van der Waals surface area contributed by atoms with Crippen molar-refractivity contribution in [3.8, 4) is 6.07 Å². The molecule has 9 heteroatoms. The van der Waals surface area contributed by atoms with Gasteiger partial charge in [-0.1, -0.05) is 13.8 Å². The number of hydrogen-bond donors (Lipinski definition) is 0. The zero-order valence-electron chi connectivity index (χ0n) is 17.1. The molecule has 0 atom stereocenters. The van der Waals surface area contributed by atoms with Gasteiger partial charge in [0.25, 0.3) is 0 Å². The van der Waals surface area contributed by atoms with E-state index in [-0.39, 0.29) is 29.8 Å². The van der Waals surface area contributed by atoms with Crippen LogP contribution in [0.15, 0.2) is 23.1 Å². The van der Waals surface area contributed by atoms with E-state index < -0.39 is 10.0 Å². The van der Waals surface area contributed by atoms with E-state index in [2.05, 4.69) is 11.1 Å². The number of nitrogens with zero attached hydrogens (tertiary/aromatic N) is 5. The molecule has 1 saturated carbocycles. The highest BCUT2D eigenvalue weighted by Crippen LogP contribution is 2.27. The standard InChI is InChI=1S/C20H27N5O3S/c1-4-24(5-2)29(27,28)16-8-9-18-17(14-16)22-19(23(18)3)10-11-20(26)25(13-12-21)15-6-7-15/h8-9,14-15H,4-7,10-11,13H2,1-3H3. The molecule has 0 aliphatic heterocycles. The Morgan fingerprint density at radius 3 is 2.59 bits per heavy atom. The van der Waals surface area contributed by atoms with Crippen LogP contribution in [0, 0.1) is 11.3 Å². The number of benzene rings is 1. The Labute approximate surface area is 171 Å². The molecule has 1 fully saturated rings. The molecule has 156 valence electrons. The maximum atomic E-state index is 12.8. The van der Waals surface area contributed by atoms with Gasteiger partial charge >= 0.3 is 0 Å². The van der Waals surface area contributed by atoms with Crippen LogP contribution in [0.2, 0.25) is 0 Å². The number of hydrogen-bond acceptors (Lipinski definition) is 5. The third-order valence-corrected chi connectivity index (χ3v) is 7.45. The molecular weight excluding hydrogens is 390 g/mol. The number of imidazole rings is 1. The molecule has 1 heterocycles. The van der Waals surface area contributed by atoms with Gasteiger partial charge in [-0.05, 0) is 31.0 Å². The van der Waals surface area contributed by atoms with Crippen molar-refractivity contribution < 1.29 is 13.2 Å². The average Bonchev–Trinajstić information content (AvgIpc) is 3.49. The van der Waals surface area contributed by atoms with Crippen LogP contribution in [0.25, 0.3) is 11.0 Å². The molecule has 1 aliphatic carbocycles. The highest BCUT2D eigenvalue weighted by atomic mass is 32.2.